The summed E-state index contributed by atoms with van der Waals surface area (Å²) < 4.78 is 12.8. The predicted molar refractivity (Wildman–Crippen MR) is 76.9 cm³/mol. The highest BCUT2D eigenvalue weighted by atomic mass is 19.1. The van der Waals surface area contributed by atoms with Crippen LogP contribution < -0.4 is 5.73 Å². The molecule has 2 amide bonds. The van der Waals surface area contributed by atoms with E-state index in [9.17, 15) is 14.0 Å². The second-order valence-corrected chi connectivity index (χ2v) is 5.24. The first kappa shape index (κ1) is 15.4. The summed E-state index contributed by atoms with van der Waals surface area (Å²) in [4.78, 5) is 26.9. The van der Waals surface area contributed by atoms with Crippen LogP contribution in [0.5, 0.6) is 0 Å². The molecule has 6 heteroatoms. The van der Waals surface area contributed by atoms with E-state index in [-0.39, 0.29) is 17.6 Å². The molecule has 0 bridgehead atoms. The summed E-state index contributed by atoms with van der Waals surface area (Å²) >= 11 is 0. The quantitative estimate of drug-likeness (QED) is 0.854. The van der Waals surface area contributed by atoms with Gasteiger partial charge in [-0.15, -0.1) is 0 Å². The number of carbonyl (C=O) groups excluding carboxylic acids is 2. The lowest BCUT2D eigenvalue weighted by molar-refractivity contribution is -0.132. The molecule has 1 saturated heterocycles. The topological polar surface area (TPSA) is 66.6 Å². The molecule has 1 aromatic rings. The van der Waals surface area contributed by atoms with Crippen molar-refractivity contribution in [1.29, 1.82) is 0 Å². The molecule has 0 saturated carbocycles. The van der Waals surface area contributed by atoms with E-state index in [1.165, 1.54) is 12.1 Å². The van der Waals surface area contributed by atoms with Crippen LogP contribution in [0.4, 0.5) is 4.39 Å². The standard InChI is InChI=1S/C15H20FN3O2/c16-13-3-1-12(2-4-13)11-15(21)19-9-7-18(8-10-19)6-5-14(17)20/h1-4H,5-11H2,(H2,17,20). The smallest absolute Gasteiger partial charge is 0.227 e. The number of halogens is 1. The van der Waals surface area contributed by atoms with Crippen molar-refractivity contribution in [3.8, 4) is 0 Å². The zero-order valence-corrected chi connectivity index (χ0v) is 11.9. The van der Waals surface area contributed by atoms with E-state index in [2.05, 4.69) is 4.90 Å². The van der Waals surface area contributed by atoms with Gasteiger partial charge in [-0.05, 0) is 17.7 Å². The molecule has 5 nitrogen and oxygen atoms in total. The van der Waals surface area contributed by atoms with E-state index in [0.717, 1.165) is 18.7 Å². The summed E-state index contributed by atoms with van der Waals surface area (Å²) in [5, 5.41) is 0. The van der Waals surface area contributed by atoms with Gasteiger partial charge in [0.25, 0.3) is 0 Å². The fourth-order valence-corrected chi connectivity index (χ4v) is 2.38. The summed E-state index contributed by atoms with van der Waals surface area (Å²) in [7, 11) is 0. The minimum Gasteiger partial charge on any atom is -0.370 e. The Bertz CT molecular complexity index is 496. The van der Waals surface area contributed by atoms with Crippen molar-refractivity contribution in [2.75, 3.05) is 32.7 Å². The number of rotatable bonds is 5. The normalized spacial score (nSPS) is 16.0. The van der Waals surface area contributed by atoms with Crippen LogP contribution in [-0.2, 0) is 16.0 Å². The first-order valence-electron chi connectivity index (χ1n) is 7.07. The molecule has 1 aliphatic rings. The minimum atomic E-state index is -0.301. The van der Waals surface area contributed by atoms with Crippen molar-refractivity contribution in [3.05, 3.63) is 35.6 Å². The maximum Gasteiger partial charge on any atom is 0.227 e. The average molecular weight is 293 g/mol. The molecular weight excluding hydrogens is 273 g/mol. The van der Waals surface area contributed by atoms with Gasteiger partial charge in [0.15, 0.2) is 0 Å². The highest BCUT2D eigenvalue weighted by molar-refractivity contribution is 5.78. The Morgan fingerprint density at radius 1 is 1.10 bits per heavy atom. The Kier molecular flexibility index (Phi) is 5.27. The first-order chi connectivity index (χ1) is 10.0. The van der Waals surface area contributed by atoms with E-state index >= 15 is 0 Å². The van der Waals surface area contributed by atoms with Gasteiger partial charge in [0, 0.05) is 39.1 Å². The Balaban J connectivity index is 1.77. The zero-order chi connectivity index (χ0) is 15.2. The van der Waals surface area contributed by atoms with E-state index in [1.807, 2.05) is 4.90 Å². The molecule has 1 heterocycles. The van der Waals surface area contributed by atoms with Gasteiger partial charge in [-0.25, -0.2) is 4.39 Å². The third kappa shape index (κ3) is 4.82. The van der Waals surface area contributed by atoms with Gasteiger partial charge < -0.3 is 10.6 Å². The number of amides is 2. The van der Waals surface area contributed by atoms with E-state index in [4.69, 9.17) is 5.73 Å². The van der Waals surface area contributed by atoms with E-state index in [0.29, 0.717) is 32.5 Å². The largest absolute Gasteiger partial charge is 0.370 e. The maximum absolute atomic E-state index is 12.8. The highest BCUT2D eigenvalue weighted by Gasteiger charge is 2.21. The molecule has 0 radical (unpaired) electrons. The van der Waals surface area contributed by atoms with Crippen LogP contribution in [0, 0.1) is 5.82 Å². The van der Waals surface area contributed by atoms with Gasteiger partial charge in [0.1, 0.15) is 5.82 Å². The van der Waals surface area contributed by atoms with Crippen LogP contribution in [-0.4, -0.2) is 54.3 Å². The lowest BCUT2D eigenvalue weighted by Gasteiger charge is -2.34. The first-order valence-corrected chi connectivity index (χ1v) is 7.07. The summed E-state index contributed by atoms with van der Waals surface area (Å²) in [6, 6.07) is 6.00. The number of benzene rings is 1. The third-order valence-corrected chi connectivity index (χ3v) is 3.67. The van der Waals surface area contributed by atoms with Gasteiger partial charge >= 0.3 is 0 Å². The van der Waals surface area contributed by atoms with Crippen molar-refractivity contribution in [2.24, 2.45) is 5.73 Å². The SMILES string of the molecule is NC(=O)CCN1CCN(C(=O)Cc2ccc(F)cc2)CC1. The second-order valence-electron chi connectivity index (χ2n) is 5.24. The van der Waals surface area contributed by atoms with Crippen molar-refractivity contribution >= 4 is 11.8 Å². The van der Waals surface area contributed by atoms with Crippen LogP contribution in [0.15, 0.2) is 24.3 Å². The van der Waals surface area contributed by atoms with Gasteiger partial charge in [-0.3, -0.25) is 14.5 Å². The number of carbonyl (C=O) groups is 2. The van der Waals surface area contributed by atoms with Crippen molar-refractivity contribution in [1.82, 2.24) is 9.80 Å². The minimum absolute atomic E-state index is 0.0520. The van der Waals surface area contributed by atoms with Crippen molar-refractivity contribution < 1.29 is 14.0 Å². The third-order valence-electron chi connectivity index (χ3n) is 3.67. The molecular formula is C15H20FN3O2. The van der Waals surface area contributed by atoms with Crippen LogP contribution in [0.2, 0.25) is 0 Å². The van der Waals surface area contributed by atoms with Crippen molar-refractivity contribution in [2.45, 2.75) is 12.8 Å². The van der Waals surface area contributed by atoms with Crippen LogP contribution in [0.1, 0.15) is 12.0 Å². The molecule has 1 aromatic carbocycles. The number of piperazine rings is 1. The van der Waals surface area contributed by atoms with Gasteiger partial charge in [-0.2, -0.15) is 0 Å². The molecule has 1 fully saturated rings. The highest BCUT2D eigenvalue weighted by Crippen LogP contribution is 2.08. The molecule has 2 N–H and O–H groups in total. The Morgan fingerprint density at radius 2 is 1.71 bits per heavy atom. The number of nitrogens with two attached hydrogens (primary N) is 1. The molecule has 0 aliphatic carbocycles. The maximum atomic E-state index is 12.8. The molecule has 0 spiro atoms. The molecule has 21 heavy (non-hydrogen) atoms. The molecule has 0 aromatic heterocycles. The predicted octanol–water partition coefficient (Wildman–Crippen LogP) is 0.388. The van der Waals surface area contributed by atoms with Gasteiger partial charge in [-0.1, -0.05) is 12.1 Å². The van der Waals surface area contributed by atoms with Crippen LogP contribution in [0.25, 0.3) is 0 Å². The molecule has 2 rings (SSSR count). The average Bonchev–Trinajstić information content (AvgIpc) is 2.48. The van der Waals surface area contributed by atoms with Crippen molar-refractivity contribution in [3.63, 3.8) is 0 Å². The lowest BCUT2D eigenvalue weighted by atomic mass is 10.1. The fourth-order valence-electron chi connectivity index (χ4n) is 2.38. The number of hydrogen-bond acceptors (Lipinski definition) is 3. The molecule has 0 unspecified atom stereocenters. The summed E-state index contributed by atoms with van der Waals surface area (Å²) in [6.45, 7) is 3.46. The Morgan fingerprint density at radius 3 is 2.29 bits per heavy atom. The summed E-state index contributed by atoms with van der Waals surface area (Å²) in [5.74, 6) is -0.546. The number of nitrogens with zero attached hydrogens (tertiary/aromatic N) is 2. The number of primary amides is 1. The Hall–Kier alpha value is -1.95. The second kappa shape index (κ2) is 7.17. The van der Waals surface area contributed by atoms with E-state index < -0.39 is 0 Å². The molecule has 1 aliphatic heterocycles. The van der Waals surface area contributed by atoms with Crippen LogP contribution in [0.3, 0.4) is 0 Å². The fraction of sp³-hybridized carbons (Fsp3) is 0.467. The van der Waals surface area contributed by atoms with Crippen LogP contribution >= 0.6 is 0 Å². The summed E-state index contributed by atoms with van der Waals surface area (Å²) in [5.41, 5.74) is 5.94. The number of hydrogen-bond donors (Lipinski definition) is 1. The van der Waals surface area contributed by atoms with Gasteiger partial charge in [0.05, 0.1) is 6.42 Å². The lowest BCUT2D eigenvalue weighted by Crippen LogP contribution is -2.49. The monoisotopic (exact) mass is 293 g/mol. The molecule has 0 atom stereocenters. The molecule has 114 valence electrons. The zero-order valence-electron chi connectivity index (χ0n) is 11.9. The summed E-state index contributed by atoms with van der Waals surface area (Å²) in [6.07, 6.45) is 0.644. The van der Waals surface area contributed by atoms with Gasteiger partial charge in [0.2, 0.25) is 11.8 Å². The van der Waals surface area contributed by atoms with E-state index in [1.54, 1.807) is 12.1 Å². The Labute approximate surface area is 123 Å².